The fraction of sp³-hybridized carbons (Fsp3) is 0.476. The van der Waals surface area contributed by atoms with Gasteiger partial charge in [-0.1, -0.05) is 41.2 Å². The molecule has 3 heterocycles. The van der Waals surface area contributed by atoms with Gasteiger partial charge in [-0.15, -0.1) is 5.10 Å². The molecule has 1 aliphatic heterocycles. The van der Waals surface area contributed by atoms with Crippen LogP contribution >= 0.6 is 11.3 Å². The van der Waals surface area contributed by atoms with E-state index in [9.17, 15) is 9.90 Å². The summed E-state index contributed by atoms with van der Waals surface area (Å²) in [4.78, 5) is 20.4. The standard InChI is InChI=1S/C21H26N4O3S/c1-4-28-20(27)16-9-11-24(12-10-16)17(15-7-5-13(2)6-8-15)18-19(26)25-21(29-18)22-14(3)23-25/h5-8,16-17,26H,4,9-12H2,1-3H3/t17-/m0/s1. The molecule has 2 aromatic heterocycles. The summed E-state index contributed by atoms with van der Waals surface area (Å²) in [5.74, 6) is 0.628. The summed E-state index contributed by atoms with van der Waals surface area (Å²) in [5, 5.41) is 15.2. The first-order valence-corrected chi connectivity index (χ1v) is 10.8. The molecule has 8 heteroatoms. The van der Waals surface area contributed by atoms with Crippen molar-refractivity contribution in [2.24, 2.45) is 5.92 Å². The van der Waals surface area contributed by atoms with Crippen LogP contribution in [-0.4, -0.2) is 50.3 Å². The van der Waals surface area contributed by atoms with Gasteiger partial charge in [-0.05, 0) is 52.3 Å². The van der Waals surface area contributed by atoms with Gasteiger partial charge in [0.1, 0.15) is 5.82 Å². The average Bonchev–Trinajstić information content (AvgIpc) is 3.22. The summed E-state index contributed by atoms with van der Waals surface area (Å²) in [7, 11) is 0. The normalized spacial score (nSPS) is 16.9. The van der Waals surface area contributed by atoms with Gasteiger partial charge in [0.15, 0.2) is 0 Å². The Bertz CT molecular complexity index is 1000. The zero-order valence-corrected chi connectivity index (χ0v) is 17.8. The summed E-state index contributed by atoms with van der Waals surface area (Å²) in [5.41, 5.74) is 2.30. The highest BCUT2D eigenvalue weighted by atomic mass is 32.1. The van der Waals surface area contributed by atoms with E-state index in [1.165, 1.54) is 21.4 Å². The lowest BCUT2D eigenvalue weighted by molar-refractivity contribution is -0.149. The number of benzene rings is 1. The van der Waals surface area contributed by atoms with E-state index in [0.717, 1.165) is 36.4 Å². The molecule has 4 rings (SSSR count). The van der Waals surface area contributed by atoms with Crippen LogP contribution in [0.25, 0.3) is 4.96 Å². The van der Waals surface area contributed by atoms with Gasteiger partial charge < -0.3 is 9.84 Å². The lowest BCUT2D eigenvalue weighted by Gasteiger charge is -2.36. The predicted molar refractivity (Wildman–Crippen MR) is 111 cm³/mol. The van der Waals surface area contributed by atoms with E-state index in [-0.39, 0.29) is 23.8 Å². The lowest BCUT2D eigenvalue weighted by atomic mass is 9.93. The van der Waals surface area contributed by atoms with Crippen LogP contribution in [-0.2, 0) is 9.53 Å². The second kappa shape index (κ2) is 8.12. The third-order valence-corrected chi connectivity index (χ3v) is 6.53. The van der Waals surface area contributed by atoms with Crippen molar-refractivity contribution in [1.82, 2.24) is 19.5 Å². The molecule has 7 nitrogen and oxygen atoms in total. The number of ether oxygens (including phenoxy) is 1. The zero-order valence-electron chi connectivity index (χ0n) is 17.0. The van der Waals surface area contributed by atoms with E-state index in [0.29, 0.717) is 17.4 Å². The van der Waals surface area contributed by atoms with Gasteiger partial charge in [0.05, 0.1) is 23.4 Å². The Hall–Kier alpha value is -2.45. The molecule has 0 unspecified atom stereocenters. The van der Waals surface area contributed by atoms with Crippen molar-refractivity contribution in [3.8, 4) is 5.88 Å². The molecule has 0 spiro atoms. The molecule has 0 aliphatic carbocycles. The fourth-order valence-electron chi connectivity index (χ4n) is 3.96. The van der Waals surface area contributed by atoms with E-state index in [4.69, 9.17) is 4.74 Å². The zero-order chi connectivity index (χ0) is 20.5. The number of carbonyl (C=O) groups is 1. The SMILES string of the molecule is CCOC(=O)C1CCN([C@@H](c2ccc(C)cc2)c2sc3nc(C)nn3c2O)CC1. The first kappa shape index (κ1) is 19.8. The summed E-state index contributed by atoms with van der Waals surface area (Å²) < 4.78 is 6.72. The van der Waals surface area contributed by atoms with Gasteiger partial charge in [0.2, 0.25) is 10.8 Å². The van der Waals surface area contributed by atoms with Crippen molar-refractivity contribution in [2.75, 3.05) is 19.7 Å². The third kappa shape index (κ3) is 3.86. The molecule has 0 bridgehead atoms. The molecular weight excluding hydrogens is 388 g/mol. The number of hydrogen-bond acceptors (Lipinski definition) is 7. The Morgan fingerprint density at radius 2 is 1.97 bits per heavy atom. The maximum atomic E-state index is 12.1. The van der Waals surface area contributed by atoms with Crippen LogP contribution in [0.4, 0.5) is 0 Å². The van der Waals surface area contributed by atoms with Crippen molar-refractivity contribution in [1.29, 1.82) is 0 Å². The second-order valence-electron chi connectivity index (χ2n) is 7.52. The number of aromatic nitrogens is 3. The monoisotopic (exact) mass is 414 g/mol. The van der Waals surface area contributed by atoms with Gasteiger partial charge in [-0.3, -0.25) is 9.69 Å². The van der Waals surface area contributed by atoms with Crippen LogP contribution in [0.1, 0.15) is 47.6 Å². The topological polar surface area (TPSA) is 80.0 Å². The molecule has 29 heavy (non-hydrogen) atoms. The Morgan fingerprint density at radius 1 is 1.28 bits per heavy atom. The second-order valence-corrected chi connectivity index (χ2v) is 8.53. The van der Waals surface area contributed by atoms with Crippen LogP contribution in [0.15, 0.2) is 24.3 Å². The molecule has 1 N–H and O–H groups in total. The highest BCUT2D eigenvalue weighted by Gasteiger charge is 2.34. The Balaban J connectivity index is 1.66. The van der Waals surface area contributed by atoms with Crippen molar-refractivity contribution in [2.45, 2.75) is 39.7 Å². The minimum absolute atomic E-state index is 0.0524. The number of fused-ring (bicyclic) bond motifs is 1. The average molecular weight is 415 g/mol. The summed E-state index contributed by atoms with van der Waals surface area (Å²) >= 11 is 1.47. The molecule has 1 fully saturated rings. The highest BCUT2D eigenvalue weighted by Crippen LogP contribution is 2.41. The summed E-state index contributed by atoms with van der Waals surface area (Å²) in [6, 6.07) is 8.29. The summed E-state index contributed by atoms with van der Waals surface area (Å²) in [6.07, 6.45) is 1.50. The first-order valence-electron chi connectivity index (χ1n) is 10.00. The van der Waals surface area contributed by atoms with Crippen LogP contribution in [0.5, 0.6) is 5.88 Å². The number of thiazole rings is 1. The van der Waals surface area contributed by atoms with Gasteiger partial charge in [0.25, 0.3) is 0 Å². The molecule has 3 aromatic rings. The van der Waals surface area contributed by atoms with Crippen molar-refractivity contribution in [3.05, 3.63) is 46.1 Å². The number of aromatic hydroxyl groups is 1. The quantitative estimate of drug-likeness (QED) is 0.644. The lowest BCUT2D eigenvalue weighted by Crippen LogP contribution is -2.39. The first-order chi connectivity index (χ1) is 14.0. The molecular formula is C21H26N4O3S. The van der Waals surface area contributed by atoms with Crippen molar-refractivity contribution >= 4 is 22.3 Å². The fourth-order valence-corrected chi connectivity index (χ4v) is 5.12. The smallest absolute Gasteiger partial charge is 0.309 e. The van der Waals surface area contributed by atoms with Crippen LogP contribution in [0.2, 0.25) is 0 Å². The van der Waals surface area contributed by atoms with Crippen molar-refractivity contribution in [3.63, 3.8) is 0 Å². The minimum atomic E-state index is -0.104. The highest BCUT2D eigenvalue weighted by molar-refractivity contribution is 7.17. The van der Waals surface area contributed by atoms with Crippen LogP contribution in [0.3, 0.4) is 0 Å². The number of piperidine rings is 1. The van der Waals surface area contributed by atoms with Crippen LogP contribution in [0, 0.1) is 19.8 Å². The molecule has 0 radical (unpaired) electrons. The molecule has 1 aliphatic rings. The maximum absolute atomic E-state index is 12.1. The Kier molecular flexibility index (Phi) is 5.56. The number of nitrogens with zero attached hydrogens (tertiary/aromatic N) is 4. The van der Waals surface area contributed by atoms with E-state index in [1.54, 1.807) is 0 Å². The molecule has 1 atom stereocenters. The van der Waals surface area contributed by atoms with E-state index in [1.807, 2.05) is 13.8 Å². The molecule has 0 saturated carbocycles. The third-order valence-electron chi connectivity index (χ3n) is 5.46. The molecule has 1 aromatic carbocycles. The number of rotatable bonds is 5. The summed E-state index contributed by atoms with van der Waals surface area (Å²) in [6.45, 7) is 7.65. The Morgan fingerprint density at radius 3 is 2.59 bits per heavy atom. The minimum Gasteiger partial charge on any atom is -0.492 e. The largest absolute Gasteiger partial charge is 0.492 e. The maximum Gasteiger partial charge on any atom is 0.309 e. The molecule has 1 saturated heterocycles. The number of carbonyl (C=O) groups excluding carboxylic acids is 1. The Labute approximate surface area is 173 Å². The van der Waals surface area contributed by atoms with Gasteiger partial charge in [-0.2, -0.15) is 4.52 Å². The van der Waals surface area contributed by atoms with E-state index in [2.05, 4.69) is 46.2 Å². The van der Waals surface area contributed by atoms with E-state index >= 15 is 0 Å². The number of esters is 1. The van der Waals surface area contributed by atoms with Crippen molar-refractivity contribution < 1.29 is 14.6 Å². The number of aryl methyl sites for hydroxylation is 2. The predicted octanol–water partition coefficient (Wildman–Crippen LogP) is 3.48. The van der Waals surface area contributed by atoms with Gasteiger partial charge in [-0.25, -0.2) is 4.98 Å². The van der Waals surface area contributed by atoms with Gasteiger partial charge in [0, 0.05) is 0 Å². The van der Waals surface area contributed by atoms with Gasteiger partial charge >= 0.3 is 5.97 Å². The number of likely N-dealkylation sites (tertiary alicyclic amines) is 1. The van der Waals surface area contributed by atoms with Crippen LogP contribution < -0.4 is 0 Å². The van der Waals surface area contributed by atoms with E-state index < -0.39 is 0 Å². The number of hydrogen-bond donors (Lipinski definition) is 1. The molecule has 154 valence electrons. The molecule has 0 amide bonds.